The topological polar surface area (TPSA) is 66.8 Å². The molecule has 1 aromatic carbocycles. The van der Waals surface area contributed by atoms with Crippen LogP contribution < -0.4 is 0 Å². The zero-order valence-electron chi connectivity index (χ0n) is 11.5. The van der Waals surface area contributed by atoms with Crippen LogP contribution in [0.3, 0.4) is 0 Å². The van der Waals surface area contributed by atoms with Crippen LogP contribution >= 0.6 is 11.6 Å². The minimum absolute atomic E-state index is 0.230. The second kappa shape index (κ2) is 6.63. The maximum Gasteiger partial charge on any atom is 0.408 e. The summed E-state index contributed by atoms with van der Waals surface area (Å²) in [6, 6.07) is 6.59. The number of halogens is 1. The number of amides is 1. The Balaban J connectivity index is 2.20. The van der Waals surface area contributed by atoms with E-state index < -0.39 is 12.1 Å². The molecule has 112 valence electrons. The van der Waals surface area contributed by atoms with Gasteiger partial charge in [-0.25, -0.2) is 9.59 Å². The highest BCUT2D eigenvalue weighted by Gasteiger charge is 2.36. The van der Waals surface area contributed by atoms with Crippen LogP contribution in [0, 0.1) is 0 Å². The van der Waals surface area contributed by atoms with Crippen LogP contribution in [0.2, 0.25) is 5.02 Å². The number of nitrogens with zero attached hydrogens (tertiary/aromatic N) is 1. The predicted octanol–water partition coefficient (Wildman–Crippen LogP) is 3.25. The maximum atomic E-state index is 11.5. The highest BCUT2D eigenvalue weighted by molar-refractivity contribution is 6.30. The molecule has 1 amide bonds. The molecule has 0 spiro atoms. The van der Waals surface area contributed by atoms with E-state index in [-0.39, 0.29) is 12.1 Å². The fourth-order valence-corrected chi connectivity index (χ4v) is 2.70. The first-order chi connectivity index (χ1) is 10.0. The lowest BCUT2D eigenvalue weighted by molar-refractivity contribution is -0.134. The van der Waals surface area contributed by atoms with Gasteiger partial charge in [0.2, 0.25) is 0 Å². The highest BCUT2D eigenvalue weighted by Crippen LogP contribution is 2.37. The van der Waals surface area contributed by atoms with Crippen LogP contribution in [-0.4, -0.2) is 35.2 Å². The Morgan fingerprint density at radius 2 is 2.00 bits per heavy atom. The van der Waals surface area contributed by atoms with E-state index in [1.807, 2.05) is 12.1 Å². The van der Waals surface area contributed by atoms with Gasteiger partial charge >= 0.3 is 12.1 Å². The molecule has 1 heterocycles. The minimum atomic E-state index is -1.01. The first-order valence-electron chi connectivity index (χ1n) is 6.56. The van der Waals surface area contributed by atoms with Crippen molar-refractivity contribution in [2.24, 2.45) is 0 Å². The van der Waals surface area contributed by atoms with Crippen molar-refractivity contribution < 1.29 is 19.4 Å². The highest BCUT2D eigenvalue weighted by atomic mass is 35.5. The molecular formula is C15H16ClNO4. The zero-order valence-corrected chi connectivity index (χ0v) is 12.3. The van der Waals surface area contributed by atoms with E-state index in [0.29, 0.717) is 17.9 Å². The number of ether oxygens (including phenoxy) is 1. The molecule has 5 nitrogen and oxygen atoms in total. The third-order valence-electron chi connectivity index (χ3n) is 3.56. The second-order valence-corrected chi connectivity index (χ2v) is 5.22. The monoisotopic (exact) mass is 309 g/mol. The van der Waals surface area contributed by atoms with E-state index in [1.54, 1.807) is 18.2 Å². The summed E-state index contributed by atoms with van der Waals surface area (Å²) in [6.07, 6.45) is 3.20. The lowest BCUT2D eigenvalue weighted by Crippen LogP contribution is -2.35. The minimum Gasteiger partial charge on any atom is -0.466 e. The molecular weight excluding hydrogens is 294 g/mol. The number of rotatable bonds is 3. The number of carbonyl (C=O) groups excluding carboxylic acids is 1. The quantitative estimate of drug-likeness (QED) is 0.687. The molecule has 1 fully saturated rings. The van der Waals surface area contributed by atoms with Crippen LogP contribution in [-0.2, 0) is 9.53 Å². The van der Waals surface area contributed by atoms with Gasteiger partial charge in [-0.2, -0.15) is 0 Å². The van der Waals surface area contributed by atoms with Gasteiger partial charge in [0.1, 0.15) is 0 Å². The summed E-state index contributed by atoms with van der Waals surface area (Å²) in [6.45, 7) is 0. The first-order valence-corrected chi connectivity index (χ1v) is 6.93. The summed E-state index contributed by atoms with van der Waals surface area (Å²) < 4.78 is 4.52. The Kier molecular flexibility index (Phi) is 4.85. The molecule has 0 aliphatic carbocycles. The molecule has 1 aliphatic rings. The first kappa shape index (κ1) is 15.4. The second-order valence-electron chi connectivity index (χ2n) is 4.78. The Bertz CT molecular complexity index is 555. The summed E-state index contributed by atoms with van der Waals surface area (Å²) >= 11 is 5.85. The molecule has 0 bridgehead atoms. The summed E-state index contributed by atoms with van der Waals surface area (Å²) in [5.41, 5.74) is 0.899. The molecule has 1 aromatic rings. The number of methoxy groups -OCH3 is 1. The lowest BCUT2D eigenvalue weighted by atomic mass is 10.1. The fourth-order valence-electron chi connectivity index (χ4n) is 2.57. The zero-order chi connectivity index (χ0) is 15.4. The summed E-state index contributed by atoms with van der Waals surface area (Å²) in [4.78, 5) is 24.0. The number of esters is 1. The van der Waals surface area contributed by atoms with Gasteiger partial charge in [0.25, 0.3) is 0 Å². The van der Waals surface area contributed by atoms with Gasteiger partial charge in [0, 0.05) is 11.1 Å². The third kappa shape index (κ3) is 3.55. The van der Waals surface area contributed by atoms with Gasteiger partial charge in [0.05, 0.1) is 19.2 Å². The van der Waals surface area contributed by atoms with Crippen molar-refractivity contribution in [2.45, 2.75) is 24.9 Å². The van der Waals surface area contributed by atoms with E-state index >= 15 is 0 Å². The molecule has 0 aromatic heterocycles. The molecule has 2 atom stereocenters. The Labute approximate surface area is 127 Å². The van der Waals surface area contributed by atoms with Crippen LogP contribution in [0.5, 0.6) is 0 Å². The number of carboxylic acid groups (broad SMARTS) is 1. The number of hydrogen-bond donors (Lipinski definition) is 1. The Hall–Kier alpha value is -2.01. The molecule has 1 saturated heterocycles. The molecule has 1 aliphatic heterocycles. The summed E-state index contributed by atoms with van der Waals surface area (Å²) in [7, 11) is 1.28. The van der Waals surface area contributed by atoms with Crippen molar-refractivity contribution in [3.63, 3.8) is 0 Å². The van der Waals surface area contributed by atoms with Crippen molar-refractivity contribution in [1.82, 2.24) is 4.90 Å². The Morgan fingerprint density at radius 3 is 2.57 bits per heavy atom. The molecule has 2 rings (SSSR count). The van der Waals surface area contributed by atoms with E-state index in [4.69, 9.17) is 11.6 Å². The van der Waals surface area contributed by atoms with Crippen LogP contribution in [0.15, 0.2) is 36.4 Å². The number of benzene rings is 1. The molecule has 0 unspecified atom stereocenters. The number of hydrogen-bond acceptors (Lipinski definition) is 3. The largest absolute Gasteiger partial charge is 0.466 e. The van der Waals surface area contributed by atoms with E-state index in [0.717, 1.165) is 5.56 Å². The van der Waals surface area contributed by atoms with E-state index in [2.05, 4.69) is 4.74 Å². The number of likely N-dealkylation sites (tertiary alicyclic amines) is 1. The van der Waals surface area contributed by atoms with Crippen molar-refractivity contribution >= 4 is 23.7 Å². The standard InChI is InChI=1S/C15H16ClNO4/c1-21-14(18)9-7-12-6-8-13(17(12)15(19)20)10-2-4-11(16)5-3-10/h2-5,7,9,12-13H,6,8H2,1H3,(H,19,20)/t12-,13+/m1/s1. The summed E-state index contributed by atoms with van der Waals surface area (Å²) in [5, 5.41) is 10.1. The van der Waals surface area contributed by atoms with Crippen LogP contribution in [0.1, 0.15) is 24.4 Å². The van der Waals surface area contributed by atoms with Gasteiger partial charge < -0.3 is 9.84 Å². The molecule has 0 saturated carbocycles. The van der Waals surface area contributed by atoms with Crippen molar-refractivity contribution in [3.8, 4) is 0 Å². The van der Waals surface area contributed by atoms with E-state index in [9.17, 15) is 14.7 Å². The fraction of sp³-hybridized carbons (Fsp3) is 0.333. The maximum absolute atomic E-state index is 11.5. The average molecular weight is 310 g/mol. The SMILES string of the molecule is COC(=O)C=C[C@H]1CC[C@@H](c2ccc(Cl)cc2)N1C(=O)O. The molecule has 21 heavy (non-hydrogen) atoms. The van der Waals surface area contributed by atoms with Crippen LogP contribution in [0.4, 0.5) is 4.79 Å². The number of carbonyl (C=O) groups is 2. The van der Waals surface area contributed by atoms with Crippen molar-refractivity contribution in [3.05, 3.63) is 47.0 Å². The third-order valence-corrected chi connectivity index (χ3v) is 3.81. The molecule has 0 radical (unpaired) electrons. The average Bonchev–Trinajstić information content (AvgIpc) is 2.89. The molecule has 1 N–H and O–H groups in total. The Morgan fingerprint density at radius 1 is 1.33 bits per heavy atom. The van der Waals surface area contributed by atoms with Crippen molar-refractivity contribution in [2.75, 3.05) is 7.11 Å². The van der Waals surface area contributed by atoms with Crippen LogP contribution in [0.25, 0.3) is 0 Å². The smallest absolute Gasteiger partial charge is 0.408 e. The van der Waals surface area contributed by atoms with Gasteiger partial charge in [-0.3, -0.25) is 4.90 Å². The normalized spacial score (nSPS) is 21.7. The van der Waals surface area contributed by atoms with Gasteiger partial charge in [-0.05, 0) is 30.5 Å². The van der Waals surface area contributed by atoms with E-state index in [1.165, 1.54) is 18.1 Å². The van der Waals surface area contributed by atoms with Crippen molar-refractivity contribution in [1.29, 1.82) is 0 Å². The van der Waals surface area contributed by atoms with Gasteiger partial charge in [-0.1, -0.05) is 29.8 Å². The van der Waals surface area contributed by atoms with Gasteiger partial charge in [0.15, 0.2) is 0 Å². The summed E-state index contributed by atoms with van der Waals surface area (Å²) in [5.74, 6) is -0.490. The van der Waals surface area contributed by atoms with Gasteiger partial charge in [-0.15, -0.1) is 0 Å². The molecule has 6 heteroatoms. The predicted molar refractivity (Wildman–Crippen MR) is 78.2 cm³/mol. The lowest BCUT2D eigenvalue weighted by Gasteiger charge is -2.26.